The van der Waals surface area contributed by atoms with E-state index in [0.717, 1.165) is 22.3 Å². The number of hydrogen-bond acceptors (Lipinski definition) is 3. The Morgan fingerprint density at radius 1 is 0.968 bits per heavy atom. The number of aromatic amines is 1. The zero-order valence-electron chi connectivity index (χ0n) is 17.3. The van der Waals surface area contributed by atoms with Gasteiger partial charge >= 0.3 is 12.1 Å². The van der Waals surface area contributed by atoms with Crippen LogP contribution in [0.1, 0.15) is 16.7 Å². The molecular formula is C23H23N5O3. The number of nitrogens with one attached hydrogen (secondary N) is 4. The van der Waals surface area contributed by atoms with Crippen LogP contribution >= 0.6 is 0 Å². The fourth-order valence-corrected chi connectivity index (χ4v) is 3.67. The van der Waals surface area contributed by atoms with Crippen molar-refractivity contribution in [3.8, 4) is 11.1 Å². The third-order valence-electron chi connectivity index (χ3n) is 5.39. The molecule has 1 aliphatic rings. The van der Waals surface area contributed by atoms with E-state index >= 15 is 0 Å². The highest BCUT2D eigenvalue weighted by atomic mass is 16.2. The van der Waals surface area contributed by atoms with Gasteiger partial charge in [0.1, 0.15) is 5.69 Å². The van der Waals surface area contributed by atoms with Crippen LogP contribution in [0.5, 0.6) is 0 Å². The predicted molar refractivity (Wildman–Crippen MR) is 120 cm³/mol. The van der Waals surface area contributed by atoms with Crippen molar-refractivity contribution in [2.75, 3.05) is 17.7 Å². The molecule has 1 aromatic heterocycles. The zero-order chi connectivity index (χ0) is 22.0. The van der Waals surface area contributed by atoms with E-state index in [2.05, 4.69) is 20.9 Å². The standard InChI is InChI=1S/C23H23N5O3/c1-14-18(17-10-20(21(29)25-11-17)26-22(30)24-2)8-5-9-19(14)27-23(31)28-12-15-6-3-4-7-16(15)13-28/h3-11H,12-13H2,1-2H3,(H,25,29)(H,27,31)(H2,24,26,30). The van der Waals surface area contributed by atoms with Crippen LogP contribution in [0.2, 0.25) is 0 Å². The summed E-state index contributed by atoms with van der Waals surface area (Å²) in [5.41, 5.74) is 5.14. The van der Waals surface area contributed by atoms with Crippen LogP contribution in [0.25, 0.3) is 11.1 Å². The van der Waals surface area contributed by atoms with Crippen molar-refractivity contribution in [3.63, 3.8) is 0 Å². The van der Waals surface area contributed by atoms with E-state index in [9.17, 15) is 14.4 Å². The topological polar surface area (TPSA) is 106 Å². The van der Waals surface area contributed by atoms with Crippen molar-refractivity contribution in [2.45, 2.75) is 20.0 Å². The molecule has 1 aliphatic heterocycles. The molecule has 2 heterocycles. The van der Waals surface area contributed by atoms with Crippen LogP contribution in [0.4, 0.5) is 21.0 Å². The number of fused-ring (bicyclic) bond motifs is 1. The third-order valence-corrected chi connectivity index (χ3v) is 5.39. The minimum absolute atomic E-state index is 0.139. The van der Waals surface area contributed by atoms with E-state index in [1.165, 1.54) is 7.05 Å². The van der Waals surface area contributed by atoms with Crippen molar-refractivity contribution in [2.24, 2.45) is 0 Å². The van der Waals surface area contributed by atoms with E-state index in [1.54, 1.807) is 17.2 Å². The van der Waals surface area contributed by atoms with Gasteiger partial charge in [0.05, 0.1) is 0 Å². The molecule has 4 amide bonds. The second-order valence-electron chi connectivity index (χ2n) is 7.37. The lowest BCUT2D eigenvalue weighted by Gasteiger charge is -2.19. The monoisotopic (exact) mass is 417 g/mol. The Bertz CT molecular complexity index is 1190. The Kier molecular flexibility index (Phi) is 5.44. The highest BCUT2D eigenvalue weighted by molar-refractivity contribution is 5.93. The molecule has 0 atom stereocenters. The van der Waals surface area contributed by atoms with Gasteiger partial charge in [0.2, 0.25) is 0 Å². The summed E-state index contributed by atoms with van der Waals surface area (Å²) in [5.74, 6) is 0. The molecule has 0 saturated carbocycles. The van der Waals surface area contributed by atoms with Crippen LogP contribution in [-0.2, 0) is 13.1 Å². The van der Waals surface area contributed by atoms with Gasteiger partial charge in [-0.15, -0.1) is 0 Å². The van der Waals surface area contributed by atoms with Crippen molar-refractivity contribution >= 4 is 23.4 Å². The number of H-pyrrole nitrogens is 1. The SMILES string of the molecule is CNC(=O)Nc1cc(-c2cccc(NC(=O)N3Cc4ccccc4C3)c2C)c[nH]c1=O. The fraction of sp³-hybridized carbons (Fsp3) is 0.174. The number of rotatable bonds is 3. The molecule has 158 valence electrons. The number of anilines is 2. The Morgan fingerprint density at radius 2 is 1.68 bits per heavy atom. The largest absolute Gasteiger partial charge is 0.341 e. The van der Waals surface area contributed by atoms with Gasteiger partial charge in [-0.3, -0.25) is 4.79 Å². The van der Waals surface area contributed by atoms with Crippen molar-refractivity contribution in [3.05, 3.63) is 81.8 Å². The maximum atomic E-state index is 12.8. The summed E-state index contributed by atoms with van der Waals surface area (Å²) in [7, 11) is 1.47. The molecule has 0 saturated heterocycles. The summed E-state index contributed by atoms with van der Waals surface area (Å²) in [4.78, 5) is 40.9. The average molecular weight is 417 g/mol. The summed E-state index contributed by atoms with van der Waals surface area (Å²) < 4.78 is 0. The normalized spacial score (nSPS) is 12.3. The third kappa shape index (κ3) is 4.13. The summed E-state index contributed by atoms with van der Waals surface area (Å²) >= 11 is 0. The molecule has 8 nitrogen and oxygen atoms in total. The van der Waals surface area contributed by atoms with E-state index in [0.29, 0.717) is 24.3 Å². The quantitative estimate of drug-likeness (QED) is 0.523. The molecule has 4 N–H and O–H groups in total. The van der Waals surface area contributed by atoms with Crippen LogP contribution in [0, 0.1) is 6.92 Å². The molecule has 0 spiro atoms. The molecule has 3 aromatic rings. The molecule has 31 heavy (non-hydrogen) atoms. The fourth-order valence-electron chi connectivity index (χ4n) is 3.67. The first kappa shape index (κ1) is 20.2. The molecule has 8 heteroatoms. The number of pyridine rings is 1. The van der Waals surface area contributed by atoms with E-state index in [4.69, 9.17) is 0 Å². The summed E-state index contributed by atoms with van der Waals surface area (Å²) in [6.45, 7) is 3.06. The first-order valence-corrected chi connectivity index (χ1v) is 9.90. The van der Waals surface area contributed by atoms with E-state index < -0.39 is 11.6 Å². The van der Waals surface area contributed by atoms with Crippen LogP contribution in [-0.4, -0.2) is 29.0 Å². The maximum Gasteiger partial charge on any atom is 0.322 e. The first-order valence-electron chi connectivity index (χ1n) is 9.90. The van der Waals surface area contributed by atoms with Gasteiger partial charge in [0.15, 0.2) is 0 Å². The number of carbonyl (C=O) groups excluding carboxylic acids is 2. The Labute approximate surface area is 179 Å². The molecule has 0 unspecified atom stereocenters. The molecular weight excluding hydrogens is 394 g/mol. The van der Waals surface area contributed by atoms with Crippen LogP contribution in [0.3, 0.4) is 0 Å². The molecule has 0 bridgehead atoms. The maximum absolute atomic E-state index is 12.8. The average Bonchev–Trinajstić information content (AvgIpc) is 3.21. The van der Waals surface area contributed by atoms with Gasteiger partial charge < -0.3 is 25.8 Å². The first-order chi connectivity index (χ1) is 15.0. The molecule has 2 aromatic carbocycles. The van der Waals surface area contributed by atoms with Gasteiger partial charge in [-0.25, -0.2) is 9.59 Å². The zero-order valence-corrected chi connectivity index (χ0v) is 17.3. The lowest BCUT2D eigenvalue weighted by Crippen LogP contribution is -2.30. The van der Waals surface area contributed by atoms with Gasteiger partial charge in [-0.2, -0.15) is 0 Å². The van der Waals surface area contributed by atoms with Crippen molar-refractivity contribution < 1.29 is 9.59 Å². The molecule has 0 fully saturated rings. The van der Waals surface area contributed by atoms with Gasteiger partial charge in [-0.1, -0.05) is 36.4 Å². The summed E-state index contributed by atoms with van der Waals surface area (Å²) in [5, 5.41) is 7.93. The number of hydrogen-bond donors (Lipinski definition) is 4. The Morgan fingerprint density at radius 3 is 2.35 bits per heavy atom. The lowest BCUT2D eigenvalue weighted by molar-refractivity contribution is 0.212. The summed E-state index contributed by atoms with van der Waals surface area (Å²) in [6.07, 6.45) is 1.59. The number of amides is 4. The lowest BCUT2D eigenvalue weighted by atomic mass is 10.0. The second-order valence-corrected chi connectivity index (χ2v) is 7.37. The number of urea groups is 2. The number of aromatic nitrogens is 1. The second kappa shape index (κ2) is 8.35. The predicted octanol–water partition coefficient (Wildman–Crippen LogP) is 3.65. The van der Waals surface area contributed by atoms with Gasteiger partial charge in [0, 0.05) is 37.6 Å². The van der Waals surface area contributed by atoms with Crippen molar-refractivity contribution in [1.29, 1.82) is 0 Å². The Balaban J connectivity index is 1.57. The Hall–Kier alpha value is -4.07. The highest BCUT2D eigenvalue weighted by Gasteiger charge is 2.23. The molecule has 0 aliphatic carbocycles. The number of carbonyl (C=O) groups is 2. The van der Waals surface area contributed by atoms with Gasteiger partial charge in [0.25, 0.3) is 5.56 Å². The number of nitrogens with zero attached hydrogens (tertiary/aromatic N) is 1. The van der Waals surface area contributed by atoms with Gasteiger partial charge in [-0.05, 0) is 41.3 Å². The van der Waals surface area contributed by atoms with Crippen LogP contribution in [0.15, 0.2) is 59.5 Å². The van der Waals surface area contributed by atoms with E-state index in [1.807, 2.05) is 49.4 Å². The van der Waals surface area contributed by atoms with Crippen molar-refractivity contribution in [1.82, 2.24) is 15.2 Å². The molecule has 4 rings (SSSR count). The smallest absolute Gasteiger partial charge is 0.322 e. The molecule has 0 radical (unpaired) electrons. The van der Waals surface area contributed by atoms with Crippen LogP contribution < -0.4 is 21.5 Å². The number of benzene rings is 2. The minimum atomic E-state index is -0.480. The highest BCUT2D eigenvalue weighted by Crippen LogP contribution is 2.30. The summed E-state index contributed by atoms with van der Waals surface area (Å²) in [6, 6.07) is 14.6. The minimum Gasteiger partial charge on any atom is -0.341 e. The van der Waals surface area contributed by atoms with E-state index in [-0.39, 0.29) is 11.7 Å².